The topological polar surface area (TPSA) is 79.5 Å². The van der Waals surface area contributed by atoms with Gasteiger partial charge in [-0.25, -0.2) is 0 Å². The third-order valence-corrected chi connectivity index (χ3v) is 4.51. The first-order valence-corrected chi connectivity index (χ1v) is 8.65. The number of hydrogen-bond acceptors (Lipinski definition) is 4. The Labute approximate surface area is 158 Å². The largest absolute Gasteiger partial charge is 0.482 e. The first kappa shape index (κ1) is 17.6. The minimum atomic E-state index is -0.229. The van der Waals surface area contributed by atoms with Gasteiger partial charge < -0.3 is 20.7 Å². The maximum Gasteiger partial charge on any atom is 0.262 e. The van der Waals surface area contributed by atoms with Gasteiger partial charge in [-0.05, 0) is 46.6 Å². The molecule has 0 saturated carbocycles. The Morgan fingerprint density at radius 3 is 2.88 bits per heavy atom. The summed E-state index contributed by atoms with van der Waals surface area (Å²) in [5.74, 6) is 0.0630. The lowest BCUT2D eigenvalue weighted by molar-refractivity contribution is -0.118. The van der Waals surface area contributed by atoms with E-state index in [-0.39, 0.29) is 25.0 Å². The number of carbonyl (C=O) groups excluding carboxylic acids is 2. The molecular weight excluding hydrogens is 410 g/mol. The maximum atomic E-state index is 12.1. The summed E-state index contributed by atoms with van der Waals surface area (Å²) in [4.78, 5) is 23.4. The summed E-state index contributed by atoms with van der Waals surface area (Å²) in [6, 6.07) is 8.92. The van der Waals surface area contributed by atoms with E-state index in [2.05, 4.69) is 31.9 Å². The molecule has 130 valence electrons. The van der Waals surface area contributed by atoms with E-state index in [1.807, 2.05) is 25.1 Å². The van der Waals surface area contributed by atoms with Crippen molar-refractivity contribution < 1.29 is 14.3 Å². The van der Waals surface area contributed by atoms with E-state index < -0.39 is 0 Å². The quantitative estimate of drug-likeness (QED) is 0.698. The molecule has 0 radical (unpaired) electrons. The van der Waals surface area contributed by atoms with Gasteiger partial charge in [0.2, 0.25) is 5.91 Å². The third-order valence-electron chi connectivity index (χ3n) is 3.54. The van der Waals surface area contributed by atoms with Crippen molar-refractivity contribution in [3.63, 3.8) is 0 Å². The summed E-state index contributed by atoms with van der Waals surface area (Å²) in [6.07, 6.45) is 0. The molecule has 1 aliphatic heterocycles. The molecule has 1 aliphatic rings. The molecule has 2 aromatic rings. The van der Waals surface area contributed by atoms with E-state index in [0.717, 1.165) is 10.0 Å². The zero-order chi connectivity index (χ0) is 18.0. The first-order valence-electron chi connectivity index (χ1n) is 7.48. The minimum Gasteiger partial charge on any atom is -0.482 e. The second-order valence-electron chi connectivity index (χ2n) is 5.55. The Balaban J connectivity index is 1.65. The number of nitrogens with one attached hydrogen (secondary N) is 3. The van der Waals surface area contributed by atoms with Crippen LogP contribution in [0.25, 0.3) is 0 Å². The molecule has 2 aromatic carbocycles. The molecule has 0 atom stereocenters. The van der Waals surface area contributed by atoms with Gasteiger partial charge in [-0.1, -0.05) is 17.7 Å². The summed E-state index contributed by atoms with van der Waals surface area (Å²) in [7, 11) is 0. The van der Waals surface area contributed by atoms with Crippen LogP contribution in [0.4, 0.5) is 17.1 Å². The highest BCUT2D eigenvalue weighted by atomic mass is 79.9. The summed E-state index contributed by atoms with van der Waals surface area (Å²) >= 11 is 9.61. The number of amides is 2. The molecule has 0 aromatic heterocycles. The van der Waals surface area contributed by atoms with Gasteiger partial charge in [0.25, 0.3) is 5.91 Å². The van der Waals surface area contributed by atoms with Crippen molar-refractivity contribution in [3.8, 4) is 5.75 Å². The van der Waals surface area contributed by atoms with Crippen molar-refractivity contribution >= 4 is 56.4 Å². The van der Waals surface area contributed by atoms with Crippen LogP contribution in [0.5, 0.6) is 5.75 Å². The summed E-state index contributed by atoms with van der Waals surface area (Å²) in [6.45, 7) is 1.96. The van der Waals surface area contributed by atoms with Crippen LogP contribution < -0.4 is 20.7 Å². The van der Waals surface area contributed by atoms with Crippen molar-refractivity contribution in [2.45, 2.75) is 6.92 Å². The number of benzene rings is 2. The summed E-state index contributed by atoms with van der Waals surface area (Å²) in [5, 5.41) is 8.85. The van der Waals surface area contributed by atoms with Crippen LogP contribution in [0.2, 0.25) is 5.02 Å². The molecule has 0 spiro atoms. The fourth-order valence-electron chi connectivity index (χ4n) is 2.33. The predicted molar refractivity (Wildman–Crippen MR) is 102 cm³/mol. The average molecular weight is 425 g/mol. The van der Waals surface area contributed by atoms with Crippen LogP contribution in [0.15, 0.2) is 34.8 Å². The number of halogens is 2. The van der Waals surface area contributed by atoms with Gasteiger partial charge in [-0.3, -0.25) is 9.59 Å². The van der Waals surface area contributed by atoms with Gasteiger partial charge in [-0.2, -0.15) is 0 Å². The molecule has 25 heavy (non-hydrogen) atoms. The number of ether oxygens (including phenoxy) is 1. The van der Waals surface area contributed by atoms with Gasteiger partial charge in [-0.15, -0.1) is 0 Å². The van der Waals surface area contributed by atoms with E-state index in [0.29, 0.717) is 27.8 Å². The molecule has 0 aliphatic carbocycles. The summed E-state index contributed by atoms with van der Waals surface area (Å²) < 4.78 is 6.16. The molecule has 0 saturated heterocycles. The highest BCUT2D eigenvalue weighted by Gasteiger charge is 2.18. The van der Waals surface area contributed by atoms with Crippen LogP contribution in [-0.2, 0) is 9.59 Å². The van der Waals surface area contributed by atoms with Gasteiger partial charge in [0.15, 0.2) is 6.61 Å². The maximum absolute atomic E-state index is 12.1. The van der Waals surface area contributed by atoms with E-state index in [1.165, 1.54) is 0 Å². The van der Waals surface area contributed by atoms with Gasteiger partial charge in [0.1, 0.15) is 5.75 Å². The Morgan fingerprint density at radius 2 is 2.12 bits per heavy atom. The normalized spacial score (nSPS) is 12.7. The predicted octanol–water partition coefficient (Wildman–Crippen LogP) is 3.79. The Kier molecular flexibility index (Phi) is 5.15. The zero-order valence-corrected chi connectivity index (χ0v) is 15.6. The molecule has 0 unspecified atom stereocenters. The highest BCUT2D eigenvalue weighted by Crippen LogP contribution is 2.36. The van der Waals surface area contributed by atoms with Crippen LogP contribution in [0, 0.1) is 6.92 Å². The van der Waals surface area contributed by atoms with Crippen LogP contribution >= 0.6 is 27.5 Å². The zero-order valence-electron chi connectivity index (χ0n) is 13.3. The van der Waals surface area contributed by atoms with Gasteiger partial charge in [0, 0.05) is 10.5 Å². The van der Waals surface area contributed by atoms with Crippen molar-refractivity contribution in [2.75, 3.05) is 29.1 Å². The van der Waals surface area contributed by atoms with E-state index in [9.17, 15) is 9.59 Å². The molecule has 3 rings (SSSR count). The minimum absolute atomic E-state index is 0.0329. The van der Waals surface area contributed by atoms with Crippen molar-refractivity contribution in [2.24, 2.45) is 0 Å². The Morgan fingerprint density at radius 1 is 1.32 bits per heavy atom. The standard InChI is InChI=1S/C17H15BrClN3O3/c1-9-2-3-12(10(18)4-9)21-16(23)7-20-13-6-15-14(5-11(13)19)22-17(24)8-25-15/h2-6,20H,7-8H2,1H3,(H,21,23)(H,22,24). The molecule has 3 N–H and O–H groups in total. The summed E-state index contributed by atoms with van der Waals surface area (Å²) in [5.41, 5.74) is 2.85. The van der Waals surface area contributed by atoms with Crippen LogP contribution in [0.1, 0.15) is 5.56 Å². The van der Waals surface area contributed by atoms with E-state index in [1.54, 1.807) is 12.1 Å². The number of rotatable bonds is 4. The van der Waals surface area contributed by atoms with Crippen LogP contribution in [-0.4, -0.2) is 25.0 Å². The monoisotopic (exact) mass is 423 g/mol. The van der Waals surface area contributed by atoms with Crippen molar-refractivity contribution in [1.82, 2.24) is 0 Å². The van der Waals surface area contributed by atoms with Crippen molar-refractivity contribution in [3.05, 3.63) is 45.4 Å². The molecule has 0 fully saturated rings. The van der Waals surface area contributed by atoms with E-state index in [4.69, 9.17) is 16.3 Å². The third kappa shape index (κ3) is 4.24. The van der Waals surface area contributed by atoms with Crippen molar-refractivity contribution in [1.29, 1.82) is 0 Å². The number of hydrogen-bond donors (Lipinski definition) is 3. The SMILES string of the molecule is Cc1ccc(NC(=O)CNc2cc3c(cc2Cl)NC(=O)CO3)c(Br)c1. The first-order chi connectivity index (χ1) is 11.9. The number of fused-ring (bicyclic) bond motifs is 1. The Bertz CT molecular complexity index is 857. The second-order valence-corrected chi connectivity index (χ2v) is 6.81. The van der Waals surface area contributed by atoms with Gasteiger partial charge in [0.05, 0.1) is 28.6 Å². The lowest BCUT2D eigenvalue weighted by atomic mass is 10.2. The smallest absolute Gasteiger partial charge is 0.262 e. The average Bonchev–Trinajstić information content (AvgIpc) is 2.55. The van der Waals surface area contributed by atoms with E-state index >= 15 is 0 Å². The molecule has 1 heterocycles. The number of aryl methyl sites for hydroxylation is 1. The molecule has 0 bridgehead atoms. The lowest BCUT2D eigenvalue weighted by Gasteiger charge is -2.20. The molecule has 8 heteroatoms. The second kappa shape index (κ2) is 7.33. The highest BCUT2D eigenvalue weighted by molar-refractivity contribution is 9.10. The van der Waals surface area contributed by atoms with Crippen LogP contribution in [0.3, 0.4) is 0 Å². The molecular formula is C17H15BrClN3O3. The fourth-order valence-corrected chi connectivity index (χ4v) is 3.15. The molecule has 6 nitrogen and oxygen atoms in total. The molecule has 2 amide bonds. The number of carbonyl (C=O) groups is 2. The Hall–Kier alpha value is -2.25. The van der Waals surface area contributed by atoms with Gasteiger partial charge >= 0.3 is 0 Å². The lowest BCUT2D eigenvalue weighted by Crippen LogP contribution is -2.26. The number of anilines is 3. The fraction of sp³-hybridized carbons (Fsp3) is 0.176.